The Kier molecular flexibility index (Phi) is 13.9. The Morgan fingerprint density at radius 2 is 1.27 bits per heavy atom. The average Bonchev–Trinajstić information content (AvgIpc) is 3.23. The Hall–Kier alpha value is -1.81. The number of amides is 1. The van der Waals surface area contributed by atoms with Crippen LogP contribution in [0.15, 0.2) is 42.7 Å². The number of carbonyl (C=O) groups is 1. The van der Waals surface area contributed by atoms with Crippen LogP contribution in [0, 0.1) is 0 Å². The highest BCUT2D eigenvalue weighted by Gasteiger charge is 2.40. The number of carboxylic acid groups (broad SMARTS) is 1. The summed E-state index contributed by atoms with van der Waals surface area (Å²) >= 11 is 0. The molecule has 0 saturated carbocycles. The number of quaternary nitrogens is 1. The van der Waals surface area contributed by atoms with Crippen molar-refractivity contribution in [3.8, 4) is 0 Å². The van der Waals surface area contributed by atoms with E-state index in [0.29, 0.717) is 13.2 Å². The van der Waals surface area contributed by atoms with Crippen molar-refractivity contribution < 1.29 is 14.4 Å². The SMILES string of the molecule is CCCCCCCCCCCCCCCCCCN1C=C[N+](Cc2ccccc2)(C(=O)O)C1. The molecule has 1 N–H and O–H groups in total. The van der Waals surface area contributed by atoms with E-state index in [-0.39, 0.29) is 4.48 Å². The lowest BCUT2D eigenvalue weighted by molar-refractivity contribution is -0.822. The third-order valence-electron chi connectivity index (χ3n) is 6.98. The van der Waals surface area contributed by atoms with Crippen LogP contribution in [0.1, 0.15) is 115 Å². The second kappa shape index (κ2) is 16.7. The largest absolute Gasteiger partial charge is 0.520 e. The van der Waals surface area contributed by atoms with Gasteiger partial charge in [-0.15, -0.1) is 0 Å². The van der Waals surface area contributed by atoms with E-state index in [1.54, 1.807) is 0 Å². The van der Waals surface area contributed by atoms with E-state index in [2.05, 4.69) is 11.8 Å². The van der Waals surface area contributed by atoms with Crippen LogP contribution in [0.3, 0.4) is 0 Å². The normalized spacial score (nSPS) is 17.7. The minimum atomic E-state index is -0.774. The van der Waals surface area contributed by atoms with Crippen LogP contribution < -0.4 is 0 Å². The molecule has 4 heteroatoms. The van der Waals surface area contributed by atoms with Crippen LogP contribution >= 0.6 is 0 Å². The summed E-state index contributed by atoms with van der Waals surface area (Å²) in [6.45, 7) is 4.27. The van der Waals surface area contributed by atoms with Crippen LogP contribution in [0.2, 0.25) is 0 Å². The lowest BCUT2D eigenvalue weighted by Gasteiger charge is -2.27. The molecule has 1 heterocycles. The molecule has 4 nitrogen and oxygen atoms in total. The molecule has 1 amide bonds. The summed E-state index contributed by atoms with van der Waals surface area (Å²) in [5, 5.41) is 9.85. The zero-order valence-electron chi connectivity index (χ0n) is 21.2. The van der Waals surface area contributed by atoms with E-state index in [1.807, 2.05) is 42.7 Å². The second-order valence-electron chi connectivity index (χ2n) is 10.0. The molecule has 0 saturated heterocycles. The summed E-state index contributed by atoms with van der Waals surface area (Å²) in [7, 11) is 0. The van der Waals surface area contributed by atoms with Gasteiger partial charge in [0.05, 0.1) is 6.20 Å². The zero-order chi connectivity index (χ0) is 23.6. The van der Waals surface area contributed by atoms with Gasteiger partial charge in [-0.1, -0.05) is 134 Å². The Morgan fingerprint density at radius 1 is 0.788 bits per heavy atom. The second-order valence-corrected chi connectivity index (χ2v) is 10.0. The van der Waals surface area contributed by atoms with Gasteiger partial charge in [0.2, 0.25) is 0 Å². The van der Waals surface area contributed by atoms with Crippen molar-refractivity contribution in [2.45, 2.75) is 116 Å². The molecule has 1 aliphatic rings. The van der Waals surface area contributed by atoms with E-state index >= 15 is 0 Å². The molecule has 186 valence electrons. The first-order chi connectivity index (χ1) is 16.2. The molecule has 1 aliphatic heterocycles. The number of nitrogens with zero attached hydrogens (tertiary/aromatic N) is 2. The lowest BCUT2D eigenvalue weighted by atomic mass is 10.0. The predicted octanol–water partition coefficient (Wildman–Crippen LogP) is 8.69. The molecule has 1 unspecified atom stereocenters. The summed E-state index contributed by atoms with van der Waals surface area (Å²) in [5.74, 6) is 0. The summed E-state index contributed by atoms with van der Waals surface area (Å²) in [5.41, 5.74) is 1.06. The fourth-order valence-corrected chi connectivity index (χ4v) is 4.85. The van der Waals surface area contributed by atoms with Crippen molar-refractivity contribution in [3.05, 3.63) is 48.3 Å². The first kappa shape index (κ1) is 27.4. The van der Waals surface area contributed by atoms with E-state index < -0.39 is 6.09 Å². The van der Waals surface area contributed by atoms with Gasteiger partial charge in [0.1, 0.15) is 12.7 Å². The molecule has 0 fully saturated rings. The van der Waals surface area contributed by atoms with E-state index in [0.717, 1.165) is 18.5 Å². The van der Waals surface area contributed by atoms with Crippen LogP contribution in [0.5, 0.6) is 0 Å². The maximum absolute atomic E-state index is 12.0. The molecule has 1 aromatic carbocycles. The van der Waals surface area contributed by atoms with Crippen LogP contribution in [0.4, 0.5) is 4.79 Å². The molecule has 1 atom stereocenters. The Bertz CT molecular complexity index is 661. The number of unbranched alkanes of at least 4 members (excludes halogenated alkanes) is 15. The van der Waals surface area contributed by atoms with Gasteiger partial charge in [-0.2, -0.15) is 9.28 Å². The monoisotopic (exact) mass is 457 g/mol. The van der Waals surface area contributed by atoms with Crippen LogP contribution in [-0.2, 0) is 6.54 Å². The minimum Gasteiger partial charge on any atom is -0.435 e. The topological polar surface area (TPSA) is 40.5 Å². The van der Waals surface area contributed by atoms with Gasteiger partial charge in [-0.25, -0.2) is 0 Å². The zero-order valence-corrected chi connectivity index (χ0v) is 21.2. The molecular weight excluding hydrogens is 408 g/mol. The van der Waals surface area contributed by atoms with Crippen molar-refractivity contribution >= 4 is 6.09 Å². The van der Waals surface area contributed by atoms with E-state index in [9.17, 15) is 9.90 Å². The molecule has 0 spiro atoms. The first-order valence-corrected chi connectivity index (χ1v) is 13.7. The number of hydrogen-bond donors (Lipinski definition) is 1. The lowest BCUT2D eigenvalue weighted by Crippen LogP contribution is -2.48. The van der Waals surface area contributed by atoms with Crippen LogP contribution in [-0.4, -0.2) is 33.8 Å². The maximum Gasteiger partial charge on any atom is 0.520 e. The Labute approximate surface area is 203 Å². The van der Waals surface area contributed by atoms with Crippen LogP contribution in [0.25, 0.3) is 0 Å². The van der Waals surface area contributed by atoms with Crippen molar-refractivity contribution in [1.82, 2.24) is 4.90 Å². The highest BCUT2D eigenvalue weighted by atomic mass is 16.4. The van der Waals surface area contributed by atoms with Crippen molar-refractivity contribution in [2.24, 2.45) is 0 Å². The quantitative estimate of drug-likeness (QED) is 0.167. The Balaban J connectivity index is 1.43. The number of rotatable bonds is 19. The summed E-state index contributed by atoms with van der Waals surface area (Å²) in [6.07, 6.45) is 25.1. The third-order valence-corrected chi connectivity index (χ3v) is 6.98. The molecular formula is C29H49N2O2+. The molecule has 0 aromatic heterocycles. The van der Waals surface area contributed by atoms with Crippen molar-refractivity contribution in [1.29, 1.82) is 0 Å². The van der Waals surface area contributed by atoms with Gasteiger partial charge in [0, 0.05) is 12.1 Å². The highest BCUT2D eigenvalue weighted by molar-refractivity contribution is 5.58. The van der Waals surface area contributed by atoms with Crippen molar-refractivity contribution in [2.75, 3.05) is 13.2 Å². The minimum absolute atomic E-state index is 0.0249. The maximum atomic E-state index is 12.0. The molecule has 0 aliphatic carbocycles. The van der Waals surface area contributed by atoms with Crippen molar-refractivity contribution in [3.63, 3.8) is 0 Å². The molecule has 2 rings (SSSR count). The van der Waals surface area contributed by atoms with Gasteiger partial charge in [-0.3, -0.25) is 0 Å². The fourth-order valence-electron chi connectivity index (χ4n) is 4.85. The van der Waals surface area contributed by atoms with Gasteiger partial charge in [0.15, 0.2) is 6.67 Å². The summed E-state index contributed by atoms with van der Waals surface area (Å²) in [6, 6.07) is 9.94. The number of hydrogen-bond acceptors (Lipinski definition) is 2. The molecule has 0 radical (unpaired) electrons. The molecule has 1 aromatic rings. The van der Waals surface area contributed by atoms with Gasteiger partial charge in [0.25, 0.3) is 0 Å². The smallest absolute Gasteiger partial charge is 0.435 e. The Morgan fingerprint density at radius 3 is 1.76 bits per heavy atom. The van der Waals surface area contributed by atoms with Gasteiger partial charge < -0.3 is 10.0 Å². The van der Waals surface area contributed by atoms with Gasteiger partial charge in [-0.05, 0) is 6.42 Å². The van der Waals surface area contributed by atoms with E-state index in [1.165, 1.54) is 96.3 Å². The summed E-state index contributed by atoms with van der Waals surface area (Å²) in [4.78, 5) is 14.2. The summed E-state index contributed by atoms with van der Waals surface area (Å²) < 4.78 is -0.0249. The van der Waals surface area contributed by atoms with Gasteiger partial charge >= 0.3 is 6.09 Å². The standard InChI is InChI=1S/C29H48N2O2/c1-2-3-4-5-6-7-8-9-10-11-12-13-14-15-16-20-23-30-24-25-31(27-30,29(32)33)26-28-21-18-17-19-22-28/h17-19,21-22,24-25H,2-16,20,23,26-27H2,1H3/p+1. The molecule has 0 bridgehead atoms. The predicted molar refractivity (Wildman–Crippen MR) is 139 cm³/mol. The average molecular weight is 458 g/mol. The number of benzene rings is 1. The molecule has 33 heavy (non-hydrogen) atoms. The fraction of sp³-hybridized carbons (Fsp3) is 0.690. The highest BCUT2D eigenvalue weighted by Crippen LogP contribution is 2.24. The third kappa shape index (κ3) is 11.2. The first-order valence-electron chi connectivity index (χ1n) is 13.7. The van der Waals surface area contributed by atoms with E-state index in [4.69, 9.17) is 0 Å².